The lowest BCUT2D eigenvalue weighted by atomic mass is 9.82. The number of hydrogen-bond donors (Lipinski definition) is 1. The smallest absolute Gasteiger partial charge is 0.205 e. The summed E-state index contributed by atoms with van der Waals surface area (Å²) >= 11 is 3.67. The first-order valence-corrected chi connectivity index (χ1v) is 10.6. The first-order chi connectivity index (χ1) is 14.6. The standard InChI is InChI=1S/C24H21BrN2O3/c1-3-28-20-11-17(19(25)12-21(20)29-4-2)22-16-10-9-14-7-5-6-8-15(14)23(16)30-24(27)18(22)13-26/h5-12,22H,3-4,27H2,1-2H3/t22-/m1/s1. The Bertz CT molecular complexity index is 1200. The van der Waals surface area contributed by atoms with E-state index in [2.05, 4.69) is 22.0 Å². The van der Waals surface area contributed by atoms with Crippen LogP contribution >= 0.6 is 15.9 Å². The van der Waals surface area contributed by atoms with Gasteiger partial charge in [-0.05, 0) is 36.9 Å². The summed E-state index contributed by atoms with van der Waals surface area (Å²) in [5.74, 6) is 1.67. The molecule has 3 aromatic rings. The minimum absolute atomic E-state index is 0.116. The lowest BCUT2D eigenvalue weighted by molar-refractivity contribution is 0.287. The van der Waals surface area contributed by atoms with Crippen molar-refractivity contribution in [2.75, 3.05) is 13.2 Å². The Morgan fingerprint density at radius 1 is 1.03 bits per heavy atom. The quantitative estimate of drug-likeness (QED) is 0.530. The van der Waals surface area contributed by atoms with Gasteiger partial charge in [-0.25, -0.2) is 0 Å². The van der Waals surface area contributed by atoms with Crippen molar-refractivity contribution in [3.63, 3.8) is 0 Å². The molecule has 0 bridgehead atoms. The molecule has 0 saturated heterocycles. The summed E-state index contributed by atoms with van der Waals surface area (Å²) in [6.07, 6.45) is 0. The Morgan fingerprint density at radius 2 is 1.73 bits per heavy atom. The molecule has 5 nitrogen and oxygen atoms in total. The fourth-order valence-electron chi connectivity index (χ4n) is 3.82. The lowest BCUT2D eigenvalue weighted by Crippen LogP contribution is -2.21. The number of allylic oxidation sites excluding steroid dienone is 1. The molecule has 6 heteroatoms. The van der Waals surface area contributed by atoms with Gasteiger partial charge >= 0.3 is 0 Å². The van der Waals surface area contributed by atoms with Gasteiger partial charge in [0.05, 0.1) is 19.1 Å². The van der Waals surface area contributed by atoms with Crippen LogP contribution in [0.5, 0.6) is 17.2 Å². The average Bonchev–Trinajstić information content (AvgIpc) is 2.75. The van der Waals surface area contributed by atoms with Gasteiger partial charge in [0, 0.05) is 15.4 Å². The first kappa shape index (κ1) is 20.1. The van der Waals surface area contributed by atoms with Gasteiger partial charge in [-0.1, -0.05) is 52.3 Å². The van der Waals surface area contributed by atoms with E-state index in [0.717, 1.165) is 26.4 Å². The molecule has 0 radical (unpaired) electrons. The van der Waals surface area contributed by atoms with Crippen LogP contribution in [-0.2, 0) is 0 Å². The number of nitriles is 1. The fraction of sp³-hybridized carbons (Fsp3) is 0.208. The van der Waals surface area contributed by atoms with E-state index in [9.17, 15) is 5.26 Å². The fourth-order valence-corrected chi connectivity index (χ4v) is 4.37. The van der Waals surface area contributed by atoms with Crippen LogP contribution in [-0.4, -0.2) is 13.2 Å². The van der Waals surface area contributed by atoms with Gasteiger partial charge < -0.3 is 19.9 Å². The Balaban J connectivity index is 1.97. The maximum absolute atomic E-state index is 9.90. The van der Waals surface area contributed by atoms with Crippen LogP contribution in [0.1, 0.15) is 30.9 Å². The number of nitrogens with two attached hydrogens (primary N) is 1. The Kier molecular flexibility index (Phi) is 5.56. The van der Waals surface area contributed by atoms with Gasteiger partial charge in [0.15, 0.2) is 11.5 Å². The van der Waals surface area contributed by atoms with Crippen LogP contribution in [0, 0.1) is 11.3 Å². The maximum Gasteiger partial charge on any atom is 0.205 e. The van der Waals surface area contributed by atoms with Crippen molar-refractivity contribution in [3.05, 3.63) is 75.6 Å². The van der Waals surface area contributed by atoms with Crippen molar-refractivity contribution in [3.8, 4) is 23.3 Å². The van der Waals surface area contributed by atoms with Crippen LogP contribution in [0.25, 0.3) is 10.8 Å². The monoisotopic (exact) mass is 464 g/mol. The molecule has 0 aromatic heterocycles. The van der Waals surface area contributed by atoms with Gasteiger partial charge in [-0.3, -0.25) is 0 Å². The molecule has 0 spiro atoms. The molecule has 0 fully saturated rings. The highest BCUT2D eigenvalue weighted by Gasteiger charge is 2.33. The van der Waals surface area contributed by atoms with E-state index in [1.165, 1.54) is 0 Å². The minimum atomic E-state index is -0.396. The zero-order chi connectivity index (χ0) is 21.3. The van der Waals surface area contributed by atoms with Gasteiger partial charge in [-0.2, -0.15) is 5.26 Å². The summed E-state index contributed by atoms with van der Waals surface area (Å²) in [5.41, 5.74) is 8.32. The summed E-state index contributed by atoms with van der Waals surface area (Å²) in [4.78, 5) is 0. The lowest BCUT2D eigenvalue weighted by Gasteiger charge is -2.28. The Hall–Kier alpha value is -3.17. The second-order valence-electron chi connectivity index (χ2n) is 6.82. The topological polar surface area (TPSA) is 77.5 Å². The first-order valence-electron chi connectivity index (χ1n) is 9.77. The molecule has 30 heavy (non-hydrogen) atoms. The average molecular weight is 465 g/mol. The molecule has 1 atom stereocenters. The molecular weight excluding hydrogens is 444 g/mol. The van der Waals surface area contributed by atoms with Gasteiger partial charge in [0.2, 0.25) is 5.88 Å². The molecular formula is C24H21BrN2O3. The van der Waals surface area contributed by atoms with Gasteiger partial charge in [0.25, 0.3) is 0 Å². The van der Waals surface area contributed by atoms with E-state index in [0.29, 0.717) is 36.0 Å². The third-order valence-electron chi connectivity index (χ3n) is 5.08. The van der Waals surface area contributed by atoms with Crippen molar-refractivity contribution >= 4 is 26.7 Å². The van der Waals surface area contributed by atoms with Crippen LogP contribution in [0.2, 0.25) is 0 Å². The zero-order valence-corrected chi connectivity index (χ0v) is 18.3. The molecule has 1 heterocycles. The van der Waals surface area contributed by atoms with Crippen LogP contribution in [0.15, 0.2) is 64.5 Å². The van der Waals surface area contributed by atoms with Crippen molar-refractivity contribution in [1.29, 1.82) is 5.26 Å². The molecule has 4 rings (SSSR count). The number of ether oxygens (including phenoxy) is 3. The highest BCUT2D eigenvalue weighted by Crippen LogP contribution is 2.48. The number of nitrogens with zero attached hydrogens (tertiary/aromatic N) is 1. The van der Waals surface area contributed by atoms with E-state index in [-0.39, 0.29) is 5.88 Å². The molecule has 152 valence electrons. The highest BCUT2D eigenvalue weighted by molar-refractivity contribution is 9.10. The molecule has 1 aliphatic rings. The SMILES string of the molecule is CCOc1cc(Br)c([C@@H]2C(C#N)=C(N)Oc3c2ccc2ccccc32)cc1OCC. The number of hydrogen-bond acceptors (Lipinski definition) is 5. The summed E-state index contributed by atoms with van der Waals surface area (Å²) in [5, 5.41) is 11.9. The Morgan fingerprint density at radius 3 is 2.43 bits per heavy atom. The van der Waals surface area contributed by atoms with E-state index in [4.69, 9.17) is 19.9 Å². The molecule has 1 aliphatic heterocycles. The van der Waals surface area contributed by atoms with Gasteiger partial charge in [-0.15, -0.1) is 0 Å². The summed E-state index contributed by atoms with van der Waals surface area (Å²) < 4.78 is 18.3. The maximum atomic E-state index is 9.90. The number of halogens is 1. The van der Waals surface area contributed by atoms with Crippen LogP contribution in [0.3, 0.4) is 0 Å². The van der Waals surface area contributed by atoms with Crippen molar-refractivity contribution in [1.82, 2.24) is 0 Å². The largest absolute Gasteiger partial charge is 0.490 e. The normalized spacial score (nSPS) is 15.3. The molecule has 0 aliphatic carbocycles. The second kappa shape index (κ2) is 8.29. The van der Waals surface area contributed by atoms with E-state index >= 15 is 0 Å². The number of benzene rings is 3. The summed E-state index contributed by atoms with van der Waals surface area (Å²) in [6.45, 7) is 4.87. The molecule has 0 unspecified atom stereocenters. The van der Waals surface area contributed by atoms with Crippen molar-refractivity contribution in [2.45, 2.75) is 19.8 Å². The predicted octanol–water partition coefficient (Wildman–Crippen LogP) is 5.62. The second-order valence-corrected chi connectivity index (χ2v) is 7.67. The highest BCUT2D eigenvalue weighted by atomic mass is 79.9. The molecule has 3 aromatic carbocycles. The summed E-state index contributed by atoms with van der Waals surface area (Å²) in [7, 11) is 0. The van der Waals surface area contributed by atoms with Crippen molar-refractivity contribution in [2.24, 2.45) is 5.73 Å². The van der Waals surface area contributed by atoms with E-state index in [1.807, 2.05) is 62.4 Å². The van der Waals surface area contributed by atoms with Gasteiger partial charge in [0.1, 0.15) is 17.4 Å². The zero-order valence-electron chi connectivity index (χ0n) is 16.7. The number of fused-ring (bicyclic) bond motifs is 3. The minimum Gasteiger partial charge on any atom is -0.490 e. The predicted molar refractivity (Wildman–Crippen MR) is 120 cm³/mol. The van der Waals surface area contributed by atoms with E-state index < -0.39 is 5.92 Å². The third-order valence-corrected chi connectivity index (χ3v) is 5.77. The van der Waals surface area contributed by atoms with Crippen LogP contribution < -0.4 is 19.9 Å². The molecule has 0 amide bonds. The van der Waals surface area contributed by atoms with Crippen LogP contribution in [0.4, 0.5) is 0 Å². The summed E-state index contributed by atoms with van der Waals surface area (Å²) in [6, 6.07) is 18.0. The van der Waals surface area contributed by atoms with E-state index in [1.54, 1.807) is 0 Å². The third kappa shape index (κ3) is 3.35. The molecule has 0 saturated carbocycles. The number of rotatable bonds is 5. The molecule has 2 N–H and O–H groups in total. The van der Waals surface area contributed by atoms with Crippen molar-refractivity contribution < 1.29 is 14.2 Å². The Labute approximate surface area is 183 Å².